The maximum Gasteiger partial charge on any atom is 0.145 e. The molecule has 2 aromatic heterocycles. The number of aryl methyl sites for hydroxylation is 2. The van der Waals surface area contributed by atoms with E-state index in [1.54, 1.807) is 14.2 Å². The number of hydrogen-bond acceptors (Lipinski definition) is 3. The molecule has 0 bridgehead atoms. The van der Waals surface area contributed by atoms with Gasteiger partial charge in [-0.1, -0.05) is 46.3 Å². The number of ether oxygens (including phenoxy) is 2. The predicted molar refractivity (Wildman–Crippen MR) is 136 cm³/mol. The summed E-state index contributed by atoms with van der Waals surface area (Å²) in [7, 11) is 3.40. The Kier molecular flexibility index (Phi) is 4.88. The second-order valence-electron chi connectivity index (χ2n) is 8.42. The standard InChI is InChI=1S/C28H23BrN2O2/c1-32-24-13-14-25(33-2)27-22(24)15-18-9-12-21-20-5-3-4-6-23(20)31(28(21)26(18)30-27)16-17-7-10-19(29)11-8-17/h3-8,10-11,13-15H,9,12,16H2,1-2H3. The molecule has 1 aliphatic carbocycles. The molecule has 0 N–H and O–H groups in total. The van der Waals surface area contributed by atoms with Crippen molar-refractivity contribution in [3.05, 3.63) is 87.9 Å². The molecule has 0 spiro atoms. The van der Waals surface area contributed by atoms with Gasteiger partial charge in [-0.15, -0.1) is 0 Å². The number of hydrogen-bond donors (Lipinski definition) is 0. The largest absolute Gasteiger partial charge is 0.496 e. The molecular weight excluding hydrogens is 476 g/mol. The molecule has 2 heterocycles. The number of fused-ring (bicyclic) bond motifs is 6. The molecule has 0 saturated heterocycles. The minimum atomic E-state index is 0.760. The number of halogens is 1. The van der Waals surface area contributed by atoms with Crippen molar-refractivity contribution >= 4 is 37.7 Å². The molecule has 33 heavy (non-hydrogen) atoms. The maximum absolute atomic E-state index is 5.67. The summed E-state index contributed by atoms with van der Waals surface area (Å²) in [5.74, 6) is 1.58. The lowest BCUT2D eigenvalue weighted by Gasteiger charge is -2.21. The fraction of sp³-hybridized carbons (Fsp3) is 0.179. The Morgan fingerprint density at radius 3 is 2.42 bits per heavy atom. The Morgan fingerprint density at radius 1 is 0.879 bits per heavy atom. The third-order valence-corrected chi connectivity index (χ3v) is 7.15. The second-order valence-corrected chi connectivity index (χ2v) is 9.33. The van der Waals surface area contributed by atoms with Crippen molar-refractivity contribution in [1.29, 1.82) is 0 Å². The molecule has 0 aliphatic heterocycles. The van der Waals surface area contributed by atoms with E-state index in [0.29, 0.717) is 0 Å². The van der Waals surface area contributed by atoms with E-state index in [-0.39, 0.29) is 0 Å². The topological polar surface area (TPSA) is 36.3 Å². The summed E-state index contributed by atoms with van der Waals surface area (Å²) in [6.07, 6.45) is 1.95. The number of rotatable bonds is 4. The molecule has 0 unspecified atom stereocenters. The summed E-state index contributed by atoms with van der Waals surface area (Å²) in [6.45, 7) is 0.789. The van der Waals surface area contributed by atoms with Gasteiger partial charge in [-0.25, -0.2) is 4.98 Å². The Labute approximate surface area is 200 Å². The summed E-state index contributed by atoms with van der Waals surface area (Å²) < 4.78 is 14.8. The van der Waals surface area contributed by atoms with Crippen LogP contribution in [0.4, 0.5) is 0 Å². The van der Waals surface area contributed by atoms with E-state index in [0.717, 1.165) is 52.0 Å². The van der Waals surface area contributed by atoms with Gasteiger partial charge in [0, 0.05) is 27.3 Å². The van der Waals surface area contributed by atoms with Gasteiger partial charge in [-0.2, -0.15) is 0 Å². The monoisotopic (exact) mass is 498 g/mol. The Morgan fingerprint density at radius 2 is 1.64 bits per heavy atom. The highest BCUT2D eigenvalue weighted by Crippen LogP contribution is 2.43. The molecule has 1 aliphatic rings. The minimum absolute atomic E-state index is 0.760. The Balaban J connectivity index is 1.64. The summed E-state index contributed by atoms with van der Waals surface area (Å²) in [4.78, 5) is 5.21. The first-order valence-electron chi connectivity index (χ1n) is 11.1. The summed E-state index contributed by atoms with van der Waals surface area (Å²) >= 11 is 3.55. The fourth-order valence-electron chi connectivity index (χ4n) is 5.08. The van der Waals surface area contributed by atoms with Gasteiger partial charge in [0.2, 0.25) is 0 Å². The number of nitrogens with zero attached hydrogens (tertiary/aromatic N) is 2. The summed E-state index contributed by atoms with van der Waals surface area (Å²) in [6, 6.07) is 23.4. The first kappa shape index (κ1) is 20.3. The average molecular weight is 499 g/mol. The number of para-hydroxylation sites is 1. The van der Waals surface area contributed by atoms with Gasteiger partial charge in [0.1, 0.15) is 17.0 Å². The van der Waals surface area contributed by atoms with Crippen molar-refractivity contribution in [1.82, 2.24) is 9.55 Å². The van der Waals surface area contributed by atoms with E-state index in [4.69, 9.17) is 14.5 Å². The van der Waals surface area contributed by atoms with Crippen LogP contribution >= 0.6 is 15.9 Å². The van der Waals surface area contributed by atoms with E-state index in [9.17, 15) is 0 Å². The molecule has 5 aromatic rings. The maximum atomic E-state index is 5.67. The van der Waals surface area contributed by atoms with Crippen LogP contribution in [0.2, 0.25) is 0 Å². The molecule has 0 atom stereocenters. The van der Waals surface area contributed by atoms with Crippen molar-refractivity contribution < 1.29 is 9.47 Å². The van der Waals surface area contributed by atoms with Crippen LogP contribution in [-0.2, 0) is 19.4 Å². The molecule has 5 heteroatoms. The van der Waals surface area contributed by atoms with Crippen molar-refractivity contribution in [2.45, 2.75) is 19.4 Å². The molecule has 0 radical (unpaired) electrons. The third kappa shape index (κ3) is 3.22. The van der Waals surface area contributed by atoms with Crippen LogP contribution in [0.1, 0.15) is 16.7 Å². The van der Waals surface area contributed by atoms with E-state index >= 15 is 0 Å². The highest BCUT2D eigenvalue weighted by atomic mass is 79.9. The molecule has 6 rings (SSSR count). The van der Waals surface area contributed by atoms with Crippen molar-refractivity contribution in [2.24, 2.45) is 0 Å². The van der Waals surface area contributed by atoms with Crippen LogP contribution in [0.3, 0.4) is 0 Å². The minimum Gasteiger partial charge on any atom is -0.496 e. The van der Waals surface area contributed by atoms with Gasteiger partial charge in [-0.3, -0.25) is 0 Å². The number of aromatic nitrogens is 2. The van der Waals surface area contributed by atoms with Crippen LogP contribution in [0.25, 0.3) is 33.2 Å². The lowest BCUT2D eigenvalue weighted by atomic mass is 9.91. The SMILES string of the molecule is COc1ccc(OC)c2nc3c(cc12)CCc1c-3n(Cc2ccc(Br)cc2)c2ccccc12. The highest BCUT2D eigenvalue weighted by Gasteiger charge is 2.27. The fourth-order valence-corrected chi connectivity index (χ4v) is 5.35. The average Bonchev–Trinajstić information content (AvgIpc) is 3.17. The highest BCUT2D eigenvalue weighted by molar-refractivity contribution is 9.10. The summed E-state index contributed by atoms with van der Waals surface area (Å²) in [5, 5.41) is 2.31. The van der Waals surface area contributed by atoms with Gasteiger partial charge in [-0.05, 0) is 65.9 Å². The predicted octanol–water partition coefficient (Wildman–Crippen LogP) is 6.78. The number of methoxy groups -OCH3 is 2. The van der Waals surface area contributed by atoms with Gasteiger partial charge in [0.25, 0.3) is 0 Å². The van der Waals surface area contributed by atoms with Crippen LogP contribution in [-0.4, -0.2) is 23.8 Å². The second kappa shape index (κ2) is 7.92. The quantitative estimate of drug-likeness (QED) is 0.274. The number of benzene rings is 3. The first-order valence-corrected chi connectivity index (χ1v) is 11.9. The van der Waals surface area contributed by atoms with Crippen molar-refractivity contribution in [2.75, 3.05) is 14.2 Å². The molecule has 3 aromatic carbocycles. The third-order valence-electron chi connectivity index (χ3n) is 6.62. The molecule has 164 valence electrons. The zero-order valence-electron chi connectivity index (χ0n) is 18.6. The van der Waals surface area contributed by atoms with Crippen molar-refractivity contribution in [3.8, 4) is 22.9 Å². The summed E-state index contributed by atoms with van der Waals surface area (Å²) in [5.41, 5.74) is 8.23. The van der Waals surface area contributed by atoms with E-state index in [2.05, 4.69) is 75.1 Å². The molecule has 0 fully saturated rings. The molecule has 0 saturated carbocycles. The van der Waals surface area contributed by atoms with Gasteiger partial charge < -0.3 is 14.0 Å². The Bertz CT molecular complexity index is 1520. The Hall–Kier alpha value is -3.31. The van der Waals surface area contributed by atoms with E-state index in [1.807, 2.05) is 12.1 Å². The van der Waals surface area contributed by atoms with Gasteiger partial charge in [0.05, 0.1) is 25.6 Å². The van der Waals surface area contributed by atoms with Crippen LogP contribution < -0.4 is 9.47 Å². The van der Waals surface area contributed by atoms with Gasteiger partial charge >= 0.3 is 0 Å². The normalized spacial score (nSPS) is 12.6. The van der Waals surface area contributed by atoms with E-state index in [1.165, 1.54) is 33.3 Å². The van der Waals surface area contributed by atoms with Crippen LogP contribution in [0.15, 0.2) is 71.2 Å². The van der Waals surface area contributed by atoms with Gasteiger partial charge in [0.15, 0.2) is 0 Å². The van der Waals surface area contributed by atoms with Crippen LogP contribution in [0, 0.1) is 0 Å². The zero-order valence-corrected chi connectivity index (χ0v) is 20.1. The van der Waals surface area contributed by atoms with Crippen molar-refractivity contribution in [3.63, 3.8) is 0 Å². The zero-order chi connectivity index (χ0) is 22.5. The first-order chi connectivity index (χ1) is 16.2. The smallest absolute Gasteiger partial charge is 0.145 e. The molecule has 0 amide bonds. The lowest BCUT2D eigenvalue weighted by Crippen LogP contribution is -2.10. The van der Waals surface area contributed by atoms with E-state index < -0.39 is 0 Å². The van der Waals surface area contributed by atoms with Crippen LogP contribution in [0.5, 0.6) is 11.5 Å². The lowest BCUT2D eigenvalue weighted by molar-refractivity contribution is 0.409. The molecule has 4 nitrogen and oxygen atoms in total. The molecular formula is C28H23BrN2O2. The number of pyridine rings is 1.